The molecule has 1 aliphatic heterocycles. The molecule has 2 aromatic heterocycles. The van der Waals surface area contributed by atoms with Crippen molar-refractivity contribution in [1.82, 2.24) is 19.7 Å². The summed E-state index contributed by atoms with van der Waals surface area (Å²) in [6.07, 6.45) is 5.50. The number of nitrogens with zero attached hydrogens (tertiary/aromatic N) is 6. The Morgan fingerprint density at radius 3 is 2.67 bits per heavy atom. The van der Waals surface area contributed by atoms with Crippen molar-refractivity contribution in [2.24, 2.45) is 0 Å². The number of halogens is 1. The molecule has 1 aliphatic rings. The van der Waals surface area contributed by atoms with Gasteiger partial charge in [-0.3, -0.25) is 10.1 Å². The smallest absolute Gasteiger partial charge is 0.272 e. The minimum Gasteiger partial charge on any atom is -0.341 e. The first-order chi connectivity index (χ1) is 13.0. The second-order valence-corrected chi connectivity index (χ2v) is 6.46. The number of aromatic nitrogens is 4. The maximum absolute atomic E-state index is 14.2. The van der Waals surface area contributed by atoms with E-state index in [1.165, 1.54) is 16.8 Å². The molecule has 0 bridgehead atoms. The van der Waals surface area contributed by atoms with E-state index in [1.807, 2.05) is 13.0 Å². The van der Waals surface area contributed by atoms with Crippen molar-refractivity contribution < 1.29 is 9.31 Å². The van der Waals surface area contributed by atoms with E-state index >= 15 is 0 Å². The van der Waals surface area contributed by atoms with Gasteiger partial charge in [-0.25, -0.2) is 19.0 Å². The van der Waals surface area contributed by atoms with Crippen LogP contribution < -0.4 is 4.90 Å². The highest BCUT2D eigenvalue weighted by Crippen LogP contribution is 2.25. The first kappa shape index (κ1) is 17.1. The standard InChI is InChI=1S/C18H17FN6O2/c1-12-8-16(22-18(21-12)23-6-2-3-7-23)13-10-20-24(11-13)17-5-4-14(25(26)27)9-15(17)19/h4-5,8-11H,2-3,6-7H2,1H3. The maximum atomic E-state index is 14.2. The lowest BCUT2D eigenvalue weighted by Crippen LogP contribution is -2.20. The number of non-ortho nitro benzene ring substituents is 1. The molecule has 0 radical (unpaired) electrons. The molecular weight excluding hydrogens is 351 g/mol. The zero-order valence-corrected chi connectivity index (χ0v) is 14.7. The summed E-state index contributed by atoms with van der Waals surface area (Å²) in [5.41, 5.74) is 2.11. The van der Waals surface area contributed by atoms with Gasteiger partial charge in [0.15, 0.2) is 5.82 Å². The molecule has 1 fully saturated rings. The number of anilines is 1. The summed E-state index contributed by atoms with van der Waals surface area (Å²) in [5.74, 6) is -0.0211. The summed E-state index contributed by atoms with van der Waals surface area (Å²) < 4.78 is 15.6. The summed E-state index contributed by atoms with van der Waals surface area (Å²) in [7, 11) is 0. The Bertz CT molecular complexity index is 1010. The lowest BCUT2D eigenvalue weighted by atomic mass is 10.2. The number of nitro benzene ring substituents is 1. The number of benzene rings is 1. The number of aryl methyl sites for hydroxylation is 1. The molecule has 0 unspecified atom stereocenters. The molecule has 27 heavy (non-hydrogen) atoms. The minimum atomic E-state index is -0.713. The van der Waals surface area contributed by atoms with Gasteiger partial charge >= 0.3 is 0 Å². The van der Waals surface area contributed by atoms with Crippen LogP contribution in [-0.4, -0.2) is 37.8 Å². The average molecular weight is 368 g/mol. The number of hydrogen-bond acceptors (Lipinski definition) is 6. The normalized spacial score (nSPS) is 13.9. The van der Waals surface area contributed by atoms with Crippen molar-refractivity contribution in [2.75, 3.05) is 18.0 Å². The van der Waals surface area contributed by atoms with E-state index in [0.29, 0.717) is 11.6 Å². The van der Waals surface area contributed by atoms with Gasteiger partial charge in [-0.05, 0) is 31.9 Å². The third-order valence-electron chi connectivity index (χ3n) is 4.50. The van der Waals surface area contributed by atoms with Gasteiger partial charge in [0.25, 0.3) is 5.69 Å². The van der Waals surface area contributed by atoms with Crippen LogP contribution in [0.3, 0.4) is 0 Å². The minimum absolute atomic E-state index is 0.136. The van der Waals surface area contributed by atoms with Gasteiger partial charge in [0.2, 0.25) is 5.95 Å². The Morgan fingerprint density at radius 1 is 1.19 bits per heavy atom. The van der Waals surface area contributed by atoms with Crippen LogP contribution in [-0.2, 0) is 0 Å². The Hall–Kier alpha value is -3.36. The zero-order valence-electron chi connectivity index (χ0n) is 14.7. The first-order valence-corrected chi connectivity index (χ1v) is 8.61. The van der Waals surface area contributed by atoms with Crippen LogP contribution >= 0.6 is 0 Å². The van der Waals surface area contributed by atoms with Gasteiger partial charge in [0.1, 0.15) is 5.69 Å². The van der Waals surface area contributed by atoms with Crippen LogP contribution in [0.2, 0.25) is 0 Å². The van der Waals surface area contributed by atoms with E-state index in [1.54, 1.807) is 12.4 Å². The van der Waals surface area contributed by atoms with E-state index in [9.17, 15) is 14.5 Å². The molecule has 0 spiro atoms. The molecule has 3 aromatic rings. The van der Waals surface area contributed by atoms with E-state index in [4.69, 9.17) is 0 Å². The van der Waals surface area contributed by atoms with Crippen molar-refractivity contribution in [3.05, 3.63) is 58.3 Å². The highest BCUT2D eigenvalue weighted by atomic mass is 19.1. The number of rotatable bonds is 4. The van der Waals surface area contributed by atoms with Crippen LogP contribution in [0.4, 0.5) is 16.0 Å². The molecule has 1 aromatic carbocycles. The highest BCUT2D eigenvalue weighted by Gasteiger charge is 2.18. The van der Waals surface area contributed by atoms with Crippen molar-refractivity contribution in [3.63, 3.8) is 0 Å². The fourth-order valence-electron chi connectivity index (χ4n) is 3.14. The summed E-state index contributed by atoms with van der Waals surface area (Å²) in [6.45, 7) is 3.79. The van der Waals surface area contributed by atoms with Crippen LogP contribution in [0.25, 0.3) is 16.9 Å². The molecule has 0 atom stereocenters. The third-order valence-corrected chi connectivity index (χ3v) is 4.50. The lowest BCUT2D eigenvalue weighted by molar-refractivity contribution is -0.385. The lowest BCUT2D eigenvalue weighted by Gasteiger charge is -2.16. The van der Waals surface area contributed by atoms with Crippen LogP contribution in [0.5, 0.6) is 0 Å². The molecule has 4 rings (SSSR count). The molecule has 0 aliphatic carbocycles. The van der Waals surface area contributed by atoms with Gasteiger partial charge in [0.05, 0.1) is 22.9 Å². The quantitative estimate of drug-likeness (QED) is 0.518. The number of hydrogen-bond donors (Lipinski definition) is 0. The summed E-state index contributed by atoms with van der Waals surface area (Å²) in [6, 6.07) is 5.33. The first-order valence-electron chi connectivity index (χ1n) is 8.61. The van der Waals surface area contributed by atoms with Crippen molar-refractivity contribution in [1.29, 1.82) is 0 Å². The van der Waals surface area contributed by atoms with Crippen molar-refractivity contribution in [3.8, 4) is 16.9 Å². The maximum Gasteiger partial charge on any atom is 0.272 e. The average Bonchev–Trinajstić information content (AvgIpc) is 3.33. The van der Waals surface area contributed by atoms with E-state index in [2.05, 4.69) is 20.0 Å². The predicted molar refractivity (Wildman–Crippen MR) is 97.4 cm³/mol. The highest BCUT2D eigenvalue weighted by molar-refractivity contribution is 5.60. The Morgan fingerprint density at radius 2 is 1.96 bits per heavy atom. The van der Waals surface area contributed by atoms with E-state index < -0.39 is 10.7 Å². The summed E-state index contributed by atoms with van der Waals surface area (Å²) in [4.78, 5) is 21.4. The second kappa shape index (κ2) is 6.75. The van der Waals surface area contributed by atoms with E-state index in [0.717, 1.165) is 43.3 Å². The Labute approximate surface area is 154 Å². The van der Waals surface area contributed by atoms with Crippen molar-refractivity contribution >= 4 is 11.6 Å². The fourth-order valence-corrected chi connectivity index (χ4v) is 3.14. The largest absolute Gasteiger partial charge is 0.341 e. The van der Waals surface area contributed by atoms with Gasteiger partial charge in [-0.2, -0.15) is 5.10 Å². The Balaban J connectivity index is 1.68. The second-order valence-electron chi connectivity index (χ2n) is 6.46. The fraction of sp³-hybridized carbons (Fsp3) is 0.278. The molecule has 0 amide bonds. The third kappa shape index (κ3) is 3.35. The monoisotopic (exact) mass is 368 g/mol. The van der Waals surface area contributed by atoms with Gasteiger partial charge in [-0.1, -0.05) is 0 Å². The van der Waals surface area contributed by atoms with Gasteiger partial charge < -0.3 is 4.90 Å². The van der Waals surface area contributed by atoms with Crippen LogP contribution in [0, 0.1) is 22.9 Å². The van der Waals surface area contributed by atoms with Gasteiger partial charge in [-0.15, -0.1) is 0 Å². The molecule has 3 heterocycles. The summed E-state index contributed by atoms with van der Waals surface area (Å²) in [5, 5.41) is 14.9. The number of nitro groups is 1. The van der Waals surface area contributed by atoms with Gasteiger partial charge in [0, 0.05) is 36.6 Å². The molecule has 8 nitrogen and oxygen atoms in total. The molecule has 138 valence electrons. The topological polar surface area (TPSA) is 90.0 Å². The predicted octanol–water partition coefficient (Wildman–Crippen LogP) is 3.29. The molecular formula is C18H17FN6O2. The SMILES string of the molecule is Cc1cc(-c2cnn(-c3ccc([N+](=O)[O-])cc3F)c2)nc(N2CCCC2)n1. The zero-order chi connectivity index (χ0) is 19.0. The Kier molecular flexibility index (Phi) is 4.27. The molecule has 0 saturated carbocycles. The van der Waals surface area contributed by atoms with Crippen LogP contribution in [0.1, 0.15) is 18.5 Å². The summed E-state index contributed by atoms with van der Waals surface area (Å²) >= 11 is 0. The van der Waals surface area contributed by atoms with E-state index in [-0.39, 0.29) is 11.4 Å². The van der Waals surface area contributed by atoms with Crippen LogP contribution in [0.15, 0.2) is 36.7 Å². The van der Waals surface area contributed by atoms with Crippen molar-refractivity contribution in [2.45, 2.75) is 19.8 Å². The molecule has 1 saturated heterocycles. The molecule has 0 N–H and O–H groups in total. The molecule has 9 heteroatoms.